The number of hydrogen-bond donors (Lipinski definition) is 4. The van der Waals surface area contributed by atoms with Crippen LogP contribution in [0, 0.1) is 5.82 Å². The Morgan fingerprint density at radius 2 is 1.20 bits per heavy atom. The highest BCUT2D eigenvalue weighted by Gasteiger charge is 2.30. The molecule has 1 aliphatic carbocycles. The van der Waals surface area contributed by atoms with Gasteiger partial charge in [-0.25, -0.2) is 4.39 Å². The van der Waals surface area contributed by atoms with E-state index in [1.807, 2.05) is 0 Å². The number of nitrogens with one attached hydrogen (secondary N) is 3. The molecular weight excluding hydrogens is 685 g/mol. The van der Waals surface area contributed by atoms with Gasteiger partial charge in [-0.3, -0.25) is 0 Å². The van der Waals surface area contributed by atoms with Crippen molar-refractivity contribution >= 4 is 23.5 Å². The molecule has 0 bridgehead atoms. The van der Waals surface area contributed by atoms with Gasteiger partial charge in [-0.2, -0.15) is 15.0 Å². The van der Waals surface area contributed by atoms with Gasteiger partial charge in [0.2, 0.25) is 17.8 Å². The number of likely N-dealkylation sites (N-methyl/N-ethyl adjacent to an activating group) is 1. The van der Waals surface area contributed by atoms with Gasteiger partial charge in [-0.15, -0.1) is 0 Å². The van der Waals surface area contributed by atoms with Gasteiger partial charge >= 0.3 is 0 Å². The molecule has 0 atom stereocenters. The minimum absolute atomic E-state index is 0. The molecule has 14 nitrogen and oxygen atoms in total. The van der Waals surface area contributed by atoms with Crippen LogP contribution in [0.5, 0.6) is 5.75 Å². The van der Waals surface area contributed by atoms with Crippen LogP contribution in [0.1, 0.15) is 51.4 Å². The maximum absolute atomic E-state index is 14.4. The van der Waals surface area contributed by atoms with Crippen LogP contribution in [-0.4, -0.2) is 143 Å². The van der Waals surface area contributed by atoms with Gasteiger partial charge in [0.1, 0.15) is 6.54 Å². The molecule has 2 heterocycles. The van der Waals surface area contributed by atoms with Crippen LogP contribution in [0.2, 0.25) is 0 Å². The highest BCUT2D eigenvalue weighted by Crippen LogP contribution is 2.26. The Labute approximate surface area is 308 Å². The summed E-state index contributed by atoms with van der Waals surface area (Å²) in [5.74, 6) is 1.12. The average Bonchev–Trinajstić information content (AvgIpc) is 3.38. The standard InChI is InChI=1S/C35H59FN7O7.ClH/c1-43(15-17-46-19-21-48-23-25-50-26-24-49-22-20-47-18-16-44)13-11-29(12-14-43)38-34-40-33(37-28-7-5-3-4-6-8-28)41-35(42-34)39-30-9-10-32(45-2)31(36)27-30;/h9-10,27-29,44H,3-8,11-26H2,1-2H3,(H3,37,38,39,40,41,42);1H/q+1;/p-1. The second-order valence-electron chi connectivity index (χ2n) is 13.1. The minimum Gasteiger partial charge on any atom is -1.00 e. The quantitative estimate of drug-likeness (QED) is 0.0689. The third-order valence-corrected chi connectivity index (χ3v) is 9.10. The highest BCUT2D eigenvalue weighted by atomic mass is 35.5. The Kier molecular flexibility index (Phi) is 20.6. The first kappa shape index (κ1) is 42.8. The zero-order chi connectivity index (χ0) is 35.3. The van der Waals surface area contributed by atoms with Crippen LogP contribution in [0.15, 0.2) is 18.2 Å². The number of rotatable bonds is 24. The van der Waals surface area contributed by atoms with Gasteiger partial charge in [-0.05, 0) is 25.0 Å². The lowest BCUT2D eigenvalue weighted by Gasteiger charge is -2.40. The molecule has 0 unspecified atom stereocenters. The van der Waals surface area contributed by atoms with Crippen molar-refractivity contribution in [3.63, 3.8) is 0 Å². The fourth-order valence-corrected chi connectivity index (χ4v) is 6.11. The lowest BCUT2D eigenvalue weighted by molar-refractivity contribution is -0.914. The Bertz CT molecular complexity index is 1230. The minimum atomic E-state index is -0.456. The van der Waals surface area contributed by atoms with Crippen molar-refractivity contribution in [2.45, 2.75) is 63.5 Å². The van der Waals surface area contributed by atoms with E-state index in [9.17, 15) is 4.39 Å². The molecule has 290 valence electrons. The van der Waals surface area contributed by atoms with Gasteiger partial charge in [0.15, 0.2) is 11.6 Å². The Morgan fingerprint density at radius 1 is 0.706 bits per heavy atom. The van der Waals surface area contributed by atoms with Gasteiger partial charge in [0.05, 0.1) is 99.9 Å². The summed E-state index contributed by atoms with van der Waals surface area (Å²) < 4.78 is 47.9. The van der Waals surface area contributed by atoms with Crippen molar-refractivity contribution in [3.05, 3.63) is 24.0 Å². The fraction of sp³-hybridized carbons (Fsp3) is 0.743. The molecule has 2 fully saturated rings. The molecule has 4 N–H and O–H groups in total. The van der Waals surface area contributed by atoms with Crippen LogP contribution < -0.4 is 33.1 Å². The normalized spacial score (nSPS) is 19.6. The number of piperidine rings is 1. The van der Waals surface area contributed by atoms with Crippen LogP contribution >= 0.6 is 0 Å². The lowest BCUT2D eigenvalue weighted by atomic mass is 10.0. The number of aliphatic hydroxyl groups excluding tert-OH is 1. The van der Waals surface area contributed by atoms with E-state index in [4.69, 9.17) is 38.5 Å². The number of anilines is 4. The molecule has 1 aliphatic heterocycles. The van der Waals surface area contributed by atoms with Crippen LogP contribution in [0.4, 0.5) is 27.9 Å². The van der Waals surface area contributed by atoms with Crippen molar-refractivity contribution in [1.82, 2.24) is 15.0 Å². The van der Waals surface area contributed by atoms with Crippen LogP contribution in [-0.2, 0) is 23.7 Å². The monoisotopic (exact) mass is 743 g/mol. The fourth-order valence-electron chi connectivity index (χ4n) is 6.11. The molecular formula is C35H59ClFN7O7. The summed E-state index contributed by atoms with van der Waals surface area (Å²) in [6.45, 7) is 8.09. The van der Waals surface area contributed by atoms with Gasteiger partial charge < -0.3 is 66.4 Å². The number of quaternary nitrogens is 1. The van der Waals surface area contributed by atoms with Crippen molar-refractivity contribution in [3.8, 4) is 5.75 Å². The van der Waals surface area contributed by atoms with Gasteiger partial charge in [-0.1, -0.05) is 25.7 Å². The number of aromatic nitrogens is 3. The van der Waals surface area contributed by atoms with E-state index in [1.165, 1.54) is 38.9 Å². The number of nitrogens with zero attached hydrogens (tertiary/aromatic N) is 4. The van der Waals surface area contributed by atoms with Crippen molar-refractivity contribution in [1.29, 1.82) is 0 Å². The number of methoxy groups -OCH3 is 1. The van der Waals surface area contributed by atoms with E-state index < -0.39 is 5.82 Å². The molecule has 1 saturated heterocycles. The second-order valence-corrected chi connectivity index (χ2v) is 13.1. The summed E-state index contributed by atoms with van der Waals surface area (Å²) in [7, 11) is 3.73. The Morgan fingerprint density at radius 3 is 1.71 bits per heavy atom. The van der Waals surface area contributed by atoms with E-state index in [-0.39, 0.29) is 30.8 Å². The molecule has 2 aromatic rings. The number of ether oxygens (including phenoxy) is 6. The Balaban J connectivity index is 0.00000702. The molecule has 51 heavy (non-hydrogen) atoms. The zero-order valence-electron chi connectivity index (χ0n) is 30.4. The summed E-state index contributed by atoms with van der Waals surface area (Å²) in [6, 6.07) is 5.25. The molecule has 2 aliphatic rings. The van der Waals surface area contributed by atoms with E-state index in [1.54, 1.807) is 12.1 Å². The summed E-state index contributed by atoms with van der Waals surface area (Å²) >= 11 is 0. The first-order chi connectivity index (χ1) is 24.5. The Hall–Kier alpha value is -2.63. The van der Waals surface area contributed by atoms with Crippen LogP contribution in [0.25, 0.3) is 0 Å². The third-order valence-electron chi connectivity index (χ3n) is 9.10. The number of halogens is 2. The first-order valence-corrected chi connectivity index (χ1v) is 18.2. The van der Waals surface area contributed by atoms with Crippen LogP contribution in [0.3, 0.4) is 0 Å². The number of benzene rings is 1. The largest absolute Gasteiger partial charge is 1.00 e. The molecule has 0 spiro atoms. The maximum Gasteiger partial charge on any atom is 0.233 e. The molecule has 0 radical (unpaired) electrons. The average molecular weight is 744 g/mol. The number of aliphatic hydroxyl groups is 1. The molecule has 1 aromatic carbocycles. The van der Waals surface area contributed by atoms with Gasteiger partial charge in [0, 0.05) is 36.7 Å². The molecule has 1 aromatic heterocycles. The molecule has 4 rings (SSSR count). The summed E-state index contributed by atoms with van der Waals surface area (Å²) in [5, 5.41) is 18.9. The SMILES string of the molecule is COc1ccc(Nc2nc(NC3CCCCCC3)nc(NC3CC[N+](C)(CCOCCOCCOCCOCCOCCO)CC3)n2)cc1F.[Cl-]. The first-order valence-electron chi connectivity index (χ1n) is 18.2. The second kappa shape index (κ2) is 24.6. The topological polar surface area (TPSA) is 150 Å². The molecule has 1 saturated carbocycles. The zero-order valence-corrected chi connectivity index (χ0v) is 31.1. The predicted octanol–water partition coefficient (Wildman–Crippen LogP) is 0.998. The number of hydrogen-bond acceptors (Lipinski definition) is 13. The smallest absolute Gasteiger partial charge is 0.233 e. The summed E-state index contributed by atoms with van der Waals surface area (Å²) in [6.07, 6.45) is 9.05. The highest BCUT2D eigenvalue weighted by molar-refractivity contribution is 5.57. The van der Waals surface area contributed by atoms with E-state index in [0.29, 0.717) is 95.6 Å². The van der Waals surface area contributed by atoms with Crippen molar-refractivity contribution in [2.75, 3.05) is 122 Å². The lowest BCUT2D eigenvalue weighted by Crippen LogP contribution is -3.00. The predicted molar refractivity (Wildman–Crippen MR) is 190 cm³/mol. The van der Waals surface area contributed by atoms with E-state index >= 15 is 0 Å². The van der Waals surface area contributed by atoms with Gasteiger partial charge in [0.25, 0.3) is 0 Å². The molecule has 16 heteroatoms. The summed E-state index contributed by atoms with van der Waals surface area (Å²) in [5.41, 5.74) is 0.532. The summed E-state index contributed by atoms with van der Waals surface area (Å²) in [4.78, 5) is 14.1. The van der Waals surface area contributed by atoms with E-state index in [2.05, 4.69) is 33.0 Å². The number of likely N-dealkylation sites (tertiary alicyclic amines) is 1. The molecule has 0 amide bonds. The van der Waals surface area contributed by atoms with E-state index in [0.717, 1.165) is 49.8 Å². The van der Waals surface area contributed by atoms with Crippen molar-refractivity contribution in [2.24, 2.45) is 0 Å². The van der Waals surface area contributed by atoms with Crippen molar-refractivity contribution < 1.29 is 54.8 Å². The third kappa shape index (κ3) is 16.7. The maximum atomic E-state index is 14.4.